The number of hydrogen-bond donors (Lipinski definition) is 0. The first kappa shape index (κ1) is 17.3. The van der Waals surface area contributed by atoms with Crippen molar-refractivity contribution >= 4 is 33.3 Å². The summed E-state index contributed by atoms with van der Waals surface area (Å²) in [6.45, 7) is 2.31. The maximum absolute atomic E-state index is 11.8. The molecule has 0 fully saturated rings. The van der Waals surface area contributed by atoms with Crippen LogP contribution in [0.2, 0.25) is 0 Å². The van der Waals surface area contributed by atoms with E-state index in [0.29, 0.717) is 12.0 Å². The first-order valence-corrected chi connectivity index (χ1v) is 9.21. The minimum Gasteiger partial charge on any atom is -0.463 e. The zero-order valence-electron chi connectivity index (χ0n) is 15.2. The van der Waals surface area contributed by atoms with Gasteiger partial charge in [0.2, 0.25) is 6.61 Å². The van der Waals surface area contributed by atoms with Gasteiger partial charge in [0.15, 0.2) is 5.36 Å². The summed E-state index contributed by atoms with van der Waals surface area (Å²) < 4.78 is 7.21. The number of esters is 1. The molecule has 4 rings (SSSR count). The van der Waals surface area contributed by atoms with Crippen LogP contribution in [0.1, 0.15) is 26.2 Å². The van der Waals surface area contributed by atoms with Gasteiger partial charge in [-0.25, -0.2) is 4.79 Å². The molecule has 0 aliphatic carbocycles. The average Bonchev–Trinajstić information content (AvgIpc) is 3.18. The van der Waals surface area contributed by atoms with E-state index >= 15 is 0 Å². The minimum atomic E-state index is -0.409. The van der Waals surface area contributed by atoms with Gasteiger partial charge in [0, 0.05) is 17.8 Å². The number of unbranched alkanes of at least 4 members (excludes halogenated alkanes) is 2. The molecule has 6 nitrogen and oxygen atoms in total. The standard InChI is InChI=1S/C21H21N3O3/c1-2-3-4-13-26-18(25)14-27-23-20-17-9-6-12-24(17)16-8-5-7-15-10-11-22-21(20)19(15)16/h5-12H,2-4,13-14H2,1H3. The lowest BCUT2D eigenvalue weighted by molar-refractivity contribution is -0.149. The van der Waals surface area contributed by atoms with Crippen LogP contribution in [-0.4, -0.2) is 28.6 Å². The molecule has 4 aromatic rings. The third-order valence-corrected chi connectivity index (χ3v) is 4.59. The molecule has 0 aliphatic heterocycles. The number of pyridine rings is 2. The predicted octanol–water partition coefficient (Wildman–Crippen LogP) is 3.64. The molecular weight excluding hydrogens is 342 g/mol. The third-order valence-electron chi connectivity index (χ3n) is 4.59. The Kier molecular flexibility index (Phi) is 4.87. The highest BCUT2D eigenvalue weighted by molar-refractivity contribution is 6.08. The van der Waals surface area contributed by atoms with Crippen molar-refractivity contribution in [1.82, 2.24) is 9.38 Å². The number of ether oxygens (including phenoxy) is 1. The van der Waals surface area contributed by atoms with Crippen LogP contribution < -0.4 is 5.36 Å². The number of aromatic nitrogens is 2. The number of carbonyl (C=O) groups is 1. The molecule has 0 N–H and O–H groups in total. The average molecular weight is 363 g/mol. The summed E-state index contributed by atoms with van der Waals surface area (Å²) in [5.41, 5.74) is 2.69. The fraction of sp³-hybridized carbons (Fsp3) is 0.286. The summed E-state index contributed by atoms with van der Waals surface area (Å²) in [5.74, 6) is -0.409. The molecule has 0 unspecified atom stereocenters. The molecule has 27 heavy (non-hydrogen) atoms. The number of nitrogens with zero attached hydrogens (tertiary/aromatic N) is 3. The van der Waals surface area contributed by atoms with E-state index in [1.54, 1.807) is 6.20 Å². The van der Waals surface area contributed by atoms with E-state index in [4.69, 9.17) is 9.57 Å². The lowest BCUT2D eigenvalue weighted by atomic mass is 10.1. The van der Waals surface area contributed by atoms with E-state index in [1.165, 1.54) is 0 Å². The fourth-order valence-corrected chi connectivity index (χ4v) is 3.32. The number of hydrogen-bond acceptors (Lipinski definition) is 5. The van der Waals surface area contributed by atoms with Gasteiger partial charge in [0.25, 0.3) is 0 Å². The summed E-state index contributed by atoms with van der Waals surface area (Å²) in [6, 6.07) is 12.0. The molecule has 1 aromatic carbocycles. The summed E-state index contributed by atoms with van der Waals surface area (Å²) in [4.78, 5) is 21.6. The largest absolute Gasteiger partial charge is 0.463 e. The van der Waals surface area contributed by atoms with Crippen molar-refractivity contribution in [2.75, 3.05) is 13.2 Å². The molecule has 0 radical (unpaired) electrons. The van der Waals surface area contributed by atoms with E-state index in [2.05, 4.69) is 27.5 Å². The second-order valence-electron chi connectivity index (χ2n) is 6.44. The topological polar surface area (TPSA) is 65.2 Å². The molecule has 6 heteroatoms. The van der Waals surface area contributed by atoms with Crippen LogP contribution in [0.3, 0.4) is 0 Å². The Morgan fingerprint density at radius 1 is 1.15 bits per heavy atom. The highest BCUT2D eigenvalue weighted by Crippen LogP contribution is 2.24. The maximum Gasteiger partial charge on any atom is 0.347 e. The summed E-state index contributed by atoms with van der Waals surface area (Å²) in [7, 11) is 0. The van der Waals surface area contributed by atoms with E-state index in [9.17, 15) is 4.79 Å². The predicted molar refractivity (Wildman–Crippen MR) is 103 cm³/mol. The van der Waals surface area contributed by atoms with Crippen LogP contribution >= 0.6 is 0 Å². The van der Waals surface area contributed by atoms with Crippen LogP contribution in [0.4, 0.5) is 0 Å². The van der Waals surface area contributed by atoms with Crippen molar-refractivity contribution in [3.05, 3.63) is 54.1 Å². The second-order valence-corrected chi connectivity index (χ2v) is 6.44. The van der Waals surface area contributed by atoms with Gasteiger partial charge in [-0.1, -0.05) is 37.1 Å². The quantitative estimate of drug-likeness (QED) is 0.286. The van der Waals surface area contributed by atoms with Crippen molar-refractivity contribution in [3.63, 3.8) is 0 Å². The van der Waals surface area contributed by atoms with Crippen molar-refractivity contribution in [1.29, 1.82) is 0 Å². The fourth-order valence-electron chi connectivity index (χ4n) is 3.32. The van der Waals surface area contributed by atoms with Gasteiger partial charge >= 0.3 is 5.97 Å². The molecule has 0 saturated heterocycles. The Morgan fingerprint density at radius 3 is 2.93 bits per heavy atom. The Labute approximate surface area is 156 Å². The van der Waals surface area contributed by atoms with Gasteiger partial charge in [0.05, 0.1) is 17.6 Å². The first-order valence-electron chi connectivity index (χ1n) is 9.21. The Hall–Kier alpha value is -3.15. The Morgan fingerprint density at radius 2 is 2.04 bits per heavy atom. The smallest absolute Gasteiger partial charge is 0.347 e. The van der Waals surface area contributed by atoms with E-state index in [0.717, 1.165) is 46.6 Å². The van der Waals surface area contributed by atoms with Crippen LogP contribution in [0.25, 0.3) is 27.3 Å². The molecule has 0 aliphatic rings. The molecule has 138 valence electrons. The van der Waals surface area contributed by atoms with Crippen molar-refractivity contribution < 1.29 is 14.4 Å². The summed E-state index contributed by atoms with van der Waals surface area (Å²) >= 11 is 0. The van der Waals surface area contributed by atoms with E-state index < -0.39 is 5.97 Å². The molecule has 0 amide bonds. The van der Waals surface area contributed by atoms with Gasteiger partial charge in [0.1, 0.15) is 5.52 Å². The van der Waals surface area contributed by atoms with E-state index in [-0.39, 0.29) is 6.61 Å². The normalized spacial score (nSPS) is 12.3. The summed E-state index contributed by atoms with van der Waals surface area (Å²) in [5, 5.41) is 6.96. The minimum absolute atomic E-state index is 0.214. The lowest BCUT2D eigenvalue weighted by Gasteiger charge is -2.09. The Balaban J connectivity index is 1.67. The van der Waals surface area contributed by atoms with Crippen molar-refractivity contribution in [2.45, 2.75) is 26.2 Å². The summed E-state index contributed by atoms with van der Waals surface area (Å²) in [6.07, 6.45) is 6.74. The molecule has 0 atom stereocenters. The van der Waals surface area contributed by atoms with Gasteiger partial charge in [-0.2, -0.15) is 0 Å². The number of benzene rings is 1. The van der Waals surface area contributed by atoms with Crippen LogP contribution in [-0.2, 0) is 14.4 Å². The van der Waals surface area contributed by atoms with Gasteiger partial charge in [-0.15, -0.1) is 0 Å². The number of carbonyl (C=O) groups excluding carboxylic acids is 1. The van der Waals surface area contributed by atoms with Gasteiger partial charge in [-0.3, -0.25) is 4.98 Å². The molecular formula is C21H21N3O3. The number of fused-ring (bicyclic) bond motifs is 2. The lowest BCUT2D eigenvalue weighted by Crippen LogP contribution is -2.15. The zero-order chi connectivity index (χ0) is 18.6. The van der Waals surface area contributed by atoms with Gasteiger partial charge < -0.3 is 14.0 Å². The van der Waals surface area contributed by atoms with Crippen LogP contribution in [0, 0.1) is 0 Å². The molecule has 3 aromatic heterocycles. The molecule has 0 bridgehead atoms. The molecule has 0 spiro atoms. The maximum atomic E-state index is 11.8. The van der Waals surface area contributed by atoms with Crippen LogP contribution in [0.5, 0.6) is 0 Å². The molecule has 3 heterocycles. The third kappa shape index (κ3) is 3.30. The van der Waals surface area contributed by atoms with Crippen LogP contribution in [0.15, 0.2) is 53.9 Å². The Bertz CT molecular complexity index is 1140. The van der Waals surface area contributed by atoms with Crippen molar-refractivity contribution in [2.24, 2.45) is 5.16 Å². The first-order chi connectivity index (χ1) is 13.3. The monoisotopic (exact) mass is 363 g/mol. The second kappa shape index (κ2) is 7.61. The van der Waals surface area contributed by atoms with Crippen molar-refractivity contribution in [3.8, 4) is 0 Å². The SMILES string of the molecule is CCCCCOC(=O)CON=c1c2nccc3cccc(c32)n2cccc12. The highest BCUT2D eigenvalue weighted by atomic mass is 16.6. The highest BCUT2D eigenvalue weighted by Gasteiger charge is 2.12. The zero-order valence-corrected chi connectivity index (χ0v) is 15.2. The van der Waals surface area contributed by atoms with Gasteiger partial charge in [-0.05, 0) is 36.1 Å². The molecule has 0 saturated carbocycles. The number of rotatable bonds is 7. The van der Waals surface area contributed by atoms with E-state index in [1.807, 2.05) is 36.5 Å².